The molecule has 3 rings (SSSR count). The molecule has 1 aliphatic heterocycles. The number of anilines is 1. The summed E-state index contributed by atoms with van der Waals surface area (Å²) in [5.74, 6) is 0. The van der Waals surface area contributed by atoms with Gasteiger partial charge in [0.1, 0.15) is 0 Å². The smallest absolute Gasteiger partial charge is 0.322 e. The van der Waals surface area contributed by atoms with Gasteiger partial charge in [-0.1, -0.05) is 19.1 Å². The van der Waals surface area contributed by atoms with Gasteiger partial charge in [0.25, 0.3) is 0 Å². The monoisotopic (exact) mass is 328 g/mol. The first-order chi connectivity index (χ1) is 11.6. The standard InChI is InChI=1S/C18H24N4O2/c1-3-18(13-23)10-6-11-21(18)17(24)19-15-7-4-5-8-16(15)22-12-9-14(2)20-22/h4-5,7-9,12,23H,3,6,10-11,13H2,1-2H3,(H,19,24). The summed E-state index contributed by atoms with van der Waals surface area (Å²) in [4.78, 5) is 14.6. The highest BCUT2D eigenvalue weighted by molar-refractivity contribution is 5.92. The molecule has 2 N–H and O–H groups in total. The summed E-state index contributed by atoms with van der Waals surface area (Å²) in [5, 5.41) is 17.2. The molecule has 2 amide bonds. The van der Waals surface area contributed by atoms with Gasteiger partial charge in [0, 0.05) is 12.7 Å². The molecule has 1 aliphatic rings. The summed E-state index contributed by atoms with van der Waals surface area (Å²) in [6.07, 6.45) is 4.38. The molecule has 0 bridgehead atoms. The number of aliphatic hydroxyl groups excluding tert-OH is 1. The van der Waals surface area contributed by atoms with Crippen LogP contribution in [0, 0.1) is 6.92 Å². The van der Waals surface area contributed by atoms with Crippen molar-refractivity contribution in [1.29, 1.82) is 0 Å². The number of rotatable bonds is 4. The van der Waals surface area contributed by atoms with E-state index >= 15 is 0 Å². The molecular weight excluding hydrogens is 304 g/mol. The van der Waals surface area contributed by atoms with E-state index in [1.54, 1.807) is 9.58 Å². The summed E-state index contributed by atoms with van der Waals surface area (Å²) >= 11 is 0. The first-order valence-electron chi connectivity index (χ1n) is 8.41. The lowest BCUT2D eigenvalue weighted by molar-refractivity contribution is 0.0867. The Labute approximate surface area is 142 Å². The van der Waals surface area contributed by atoms with E-state index in [4.69, 9.17) is 0 Å². The summed E-state index contributed by atoms with van der Waals surface area (Å²) in [6, 6.07) is 9.35. The molecule has 0 radical (unpaired) electrons. The number of benzene rings is 1. The van der Waals surface area contributed by atoms with E-state index in [2.05, 4.69) is 10.4 Å². The Kier molecular flexibility index (Phi) is 4.57. The van der Waals surface area contributed by atoms with Gasteiger partial charge in [-0.05, 0) is 44.4 Å². The molecule has 1 saturated heterocycles. The number of aliphatic hydroxyl groups is 1. The van der Waals surface area contributed by atoms with Gasteiger partial charge in [-0.2, -0.15) is 5.10 Å². The number of hydrogen-bond donors (Lipinski definition) is 2. The number of aromatic nitrogens is 2. The molecule has 2 aromatic rings. The molecule has 1 atom stereocenters. The van der Waals surface area contributed by atoms with Gasteiger partial charge < -0.3 is 15.3 Å². The molecule has 0 saturated carbocycles. The number of carbonyl (C=O) groups is 1. The van der Waals surface area contributed by atoms with E-state index < -0.39 is 5.54 Å². The number of nitrogens with one attached hydrogen (secondary N) is 1. The van der Waals surface area contributed by atoms with E-state index in [1.807, 2.05) is 50.4 Å². The predicted octanol–water partition coefficient (Wildman–Crippen LogP) is 2.95. The molecule has 2 heterocycles. The number of amides is 2. The van der Waals surface area contributed by atoms with Crippen molar-refractivity contribution in [2.75, 3.05) is 18.5 Å². The molecule has 6 nitrogen and oxygen atoms in total. The third kappa shape index (κ3) is 2.89. The fourth-order valence-electron chi connectivity index (χ4n) is 3.41. The van der Waals surface area contributed by atoms with Crippen LogP contribution < -0.4 is 5.32 Å². The molecule has 24 heavy (non-hydrogen) atoms. The van der Waals surface area contributed by atoms with Gasteiger partial charge in [-0.15, -0.1) is 0 Å². The Balaban J connectivity index is 1.85. The molecular formula is C18H24N4O2. The summed E-state index contributed by atoms with van der Waals surface area (Å²) in [7, 11) is 0. The van der Waals surface area contributed by atoms with Crippen LogP contribution >= 0.6 is 0 Å². The molecule has 6 heteroatoms. The highest BCUT2D eigenvalue weighted by Gasteiger charge is 2.41. The van der Waals surface area contributed by atoms with Crippen molar-refractivity contribution in [3.8, 4) is 5.69 Å². The zero-order valence-electron chi connectivity index (χ0n) is 14.2. The number of likely N-dealkylation sites (tertiary alicyclic amines) is 1. The van der Waals surface area contributed by atoms with Crippen LogP contribution in [0.2, 0.25) is 0 Å². The fraction of sp³-hybridized carbons (Fsp3) is 0.444. The van der Waals surface area contributed by atoms with E-state index in [-0.39, 0.29) is 12.6 Å². The van der Waals surface area contributed by atoms with Crippen LogP contribution in [0.25, 0.3) is 5.69 Å². The first-order valence-corrected chi connectivity index (χ1v) is 8.41. The van der Waals surface area contributed by atoms with Crippen molar-refractivity contribution >= 4 is 11.7 Å². The first kappa shape index (κ1) is 16.5. The van der Waals surface area contributed by atoms with Crippen LogP contribution in [-0.2, 0) is 0 Å². The second-order valence-corrected chi connectivity index (χ2v) is 6.34. The average molecular weight is 328 g/mol. The van der Waals surface area contributed by atoms with Crippen LogP contribution in [0.1, 0.15) is 31.9 Å². The molecule has 128 valence electrons. The van der Waals surface area contributed by atoms with Gasteiger partial charge in [0.2, 0.25) is 0 Å². The molecule has 0 aliphatic carbocycles. The fourth-order valence-corrected chi connectivity index (χ4v) is 3.41. The molecule has 1 fully saturated rings. The van der Waals surface area contributed by atoms with Crippen molar-refractivity contribution in [2.24, 2.45) is 0 Å². The Morgan fingerprint density at radius 1 is 1.38 bits per heavy atom. The minimum Gasteiger partial charge on any atom is -0.394 e. The summed E-state index contributed by atoms with van der Waals surface area (Å²) < 4.78 is 1.76. The molecule has 1 aromatic heterocycles. The maximum absolute atomic E-state index is 12.8. The second kappa shape index (κ2) is 6.65. The number of aryl methyl sites for hydroxylation is 1. The third-order valence-corrected chi connectivity index (χ3v) is 4.91. The quantitative estimate of drug-likeness (QED) is 0.906. The number of para-hydroxylation sites is 2. The highest BCUT2D eigenvalue weighted by atomic mass is 16.3. The van der Waals surface area contributed by atoms with Crippen molar-refractivity contribution in [1.82, 2.24) is 14.7 Å². The summed E-state index contributed by atoms with van der Waals surface area (Å²) in [6.45, 7) is 4.61. The second-order valence-electron chi connectivity index (χ2n) is 6.34. The average Bonchev–Trinajstić information content (AvgIpc) is 3.22. The van der Waals surface area contributed by atoms with Gasteiger partial charge in [0.05, 0.1) is 29.2 Å². The van der Waals surface area contributed by atoms with Gasteiger partial charge >= 0.3 is 6.03 Å². The molecule has 1 aromatic carbocycles. The normalized spacial score (nSPS) is 20.4. The minimum atomic E-state index is -0.443. The maximum Gasteiger partial charge on any atom is 0.322 e. The van der Waals surface area contributed by atoms with E-state index in [1.165, 1.54) is 0 Å². The van der Waals surface area contributed by atoms with Crippen LogP contribution in [0.15, 0.2) is 36.5 Å². The van der Waals surface area contributed by atoms with Crippen molar-refractivity contribution in [3.63, 3.8) is 0 Å². The van der Waals surface area contributed by atoms with E-state index in [0.717, 1.165) is 30.6 Å². The van der Waals surface area contributed by atoms with Crippen LogP contribution in [0.5, 0.6) is 0 Å². The van der Waals surface area contributed by atoms with Crippen LogP contribution in [0.4, 0.5) is 10.5 Å². The number of urea groups is 1. The van der Waals surface area contributed by atoms with Crippen molar-refractivity contribution in [3.05, 3.63) is 42.2 Å². The number of nitrogens with zero attached hydrogens (tertiary/aromatic N) is 3. The third-order valence-electron chi connectivity index (χ3n) is 4.91. The lowest BCUT2D eigenvalue weighted by Crippen LogP contribution is -2.51. The zero-order chi connectivity index (χ0) is 17.2. The lowest BCUT2D eigenvalue weighted by atomic mass is 9.94. The lowest BCUT2D eigenvalue weighted by Gasteiger charge is -2.36. The topological polar surface area (TPSA) is 70.4 Å². The SMILES string of the molecule is CCC1(CO)CCCN1C(=O)Nc1ccccc1-n1ccc(C)n1. The Hall–Kier alpha value is -2.34. The maximum atomic E-state index is 12.8. The van der Waals surface area contributed by atoms with Gasteiger partial charge in [0.15, 0.2) is 0 Å². The Morgan fingerprint density at radius 2 is 2.17 bits per heavy atom. The van der Waals surface area contributed by atoms with Crippen LogP contribution in [0.3, 0.4) is 0 Å². The number of hydrogen-bond acceptors (Lipinski definition) is 3. The molecule has 0 spiro atoms. The summed E-state index contributed by atoms with van der Waals surface area (Å²) in [5.41, 5.74) is 2.01. The largest absolute Gasteiger partial charge is 0.394 e. The van der Waals surface area contributed by atoms with Crippen molar-refractivity contribution < 1.29 is 9.90 Å². The molecule has 1 unspecified atom stereocenters. The van der Waals surface area contributed by atoms with E-state index in [0.29, 0.717) is 12.2 Å². The van der Waals surface area contributed by atoms with Gasteiger partial charge in [-0.25, -0.2) is 9.48 Å². The van der Waals surface area contributed by atoms with E-state index in [9.17, 15) is 9.90 Å². The van der Waals surface area contributed by atoms with Gasteiger partial charge in [-0.3, -0.25) is 0 Å². The number of carbonyl (C=O) groups excluding carboxylic acids is 1. The van der Waals surface area contributed by atoms with Crippen LogP contribution in [-0.4, -0.2) is 44.5 Å². The minimum absolute atomic E-state index is 0.00306. The Bertz CT molecular complexity index is 721. The Morgan fingerprint density at radius 3 is 2.83 bits per heavy atom. The highest BCUT2D eigenvalue weighted by Crippen LogP contribution is 2.33. The van der Waals surface area contributed by atoms with Crippen molar-refractivity contribution in [2.45, 2.75) is 38.6 Å². The zero-order valence-corrected chi connectivity index (χ0v) is 14.2. The predicted molar refractivity (Wildman–Crippen MR) is 93.4 cm³/mol.